The van der Waals surface area contributed by atoms with Crippen LogP contribution in [-0.2, 0) is 14.3 Å². The molecule has 2 aliphatic heterocycles. The predicted octanol–water partition coefficient (Wildman–Crippen LogP) is 1.14. The second kappa shape index (κ2) is 4.72. The van der Waals surface area contributed by atoms with Gasteiger partial charge in [-0.3, -0.25) is 4.79 Å². The van der Waals surface area contributed by atoms with E-state index in [1.807, 2.05) is 11.8 Å². The van der Waals surface area contributed by atoms with Crippen molar-refractivity contribution < 1.29 is 19.4 Å². The van der Waals surface area contributed by atoms with E-state index in [-0.39, 0.29) is 18.1 Å². The highest BCUT2D eigenvalue weighted by Crippen LogP contribution is 2.34. The van der Waals surface area contributed by atoms with E-state index in [4.69, 9.17) is 14.6 Å². The Labute approximate surface area is 93.3 Å². The monoisotopic (exact) mass is 232 g/mol. The Morgan fingerprint density at radius 3 is 2.87 bits per heavy atom. The van der Waals surface area contributed by atoms with Gasteiger partial charge in [-0.15, -0.1) is 0 Å². The number of carbonyl (C=O) groups is 1. The summed E-state index contributed by atoms with van der Waals surface area (Å²) in [4.78, 5) is 10.6. The van der Waals surface area contributed by atoms with Crippen molar-refractivity contribution in [1.29, 1.82) is 0 Å². The van der Waals surface area contributed by atoms with Gasteiger partial charge in [0.05, 0.1) is 31.3 Å². The molecule has 1 unspecified atom stereocenters. The van der Waals surface area contributed by atoms with Crippen molar-refractivity contribution in [2.24, 2.45) is 0 Å². The topological polar surface area (TPSA) is 55.8 Å². The number of ether oxygens (including phenoxy) is 2. The molecule has 0 saturated carbocycles. The lowest BCUT2D eigenvalue weighted by Crippen LogP contribution is -2.50. The molecule has 15 heavy (non-hydrogen) atoms. The average Bonchev–Trinajstić information content (AvgIpc) is 2.17. The molecule has 2 fully saturated rings. The summed E-state index contributed by atoms with van der Waals surface area (Å²) in [6.45, 7) is 1.05. The molecule has 0 bridgehead atoms. The molecular formula is C10H16O4S. The summed E-state index contributed by atoms with van der Waals surface area (Å²) in [5.74, 6) is 1.36. The van der Waals surface area contributed by atoms with E-state index in [0.29, 0.717) is 13.2 Å². The molecule has 0 aromatic rings. The molecule has 4 nitrogen and oxygen atoms in total. The molecule has 0 amide bonds. The highest BCUT2D eigenvalue weighted by Gasteiger charge is 2.39. The van der Waals surface area contributed by atoms with Crippen molar-refractivity contribution in [3.05, 3.63) is 0 Å². The molecule has 1 N–H and O–H groups in total. The van der Waals surface area contributed by atoms with E-state index in [2.05, 4.69) is 0 Å². The fraction of sp³-hybridized carbons (Fsp3) is 0.900. The van der Waals surface area contributed by atoms with Crippen molar-refractivity contribution in [2.75, 3.05) is 24.7 Å². The predicted molar refractivity (Wildman–Crippen MR) is 57.2 cm³/mol. The number of carboxylic acids is 1. The van der Waals surface area contributed by atoms with Gasteiger partial charge in [-0.2, -0.15) is 11.8 Å². The second-order valence-electron chi connectivity index (χ2n) is 4.15. The smallest absolute Gasteiger partial charge is 0.306 e. The van der Waals surface area contributed by atoms with Crippen molar-refractivity contribution in [3.8, 4) is 0 Å². The molecule has 0 aromatic heterocycles. The van der Waals surface area contributed by atoms with Gasteiger partial charge in [0.15, 0.2) is 0 Å². The maximum atomic E-state index is 10.6. The summed E-state index contributed by atoms with van der Waals surface area (Å²) in [7, 11) is 0. The summed E-state index contributed by atoms with van der Waals surface area (Å²) < 4.78 is 11.4. The van der Waals surface area contributed by atoms with Crippen LogP contribution in [0.4, 0.5) is 0 Å². The molecule has 1 atom stereocenters. The highest BCUT2D eigenvalue weighted by atomic mass is 32.2. The Kier molecular flexibility index (Phi) is 3.53. The molecule has 5 heteroatoms. The van der Waals surface area contributed by atoms with Crippen LogP contribution in [0, 0.1) is 0 Å². The number of hydrogen-bond acceptors (Lipinski definition) is 4. The first kappa shape index (κ1) is 11.2. The Balaban J connectivity index is 1.93. The van der Waals surface area contributed by atoms with Gasteiger partial charge in [0, 0.05) is 0 Å². The van der Waals surface area contributed by atoms with Gasteiger partial charge < -0.3 is 14.6 Å². The number of aliphatic carboxylic acids is 1. The zero-order valence-electron chi connectivity index (χ0n) is 8.61. The minimum Gasteiger partial charge on any atom is -0.481 e. The minimum atomic E-state index is -0.814. The van der Waals surface area contributed by atoms with Crippen LogP contribution < -0.4 is 0 Å². The molecular weight excluding hydrogens is 216 g/mol. The summed E-state index contributed by atoms with van der Waals surface area (Å²) in [5, 5.41) is 8.71. The zero-order valence-corrected chi connectivity index (χ0v) is 9.42. The Hall–Kier alpha value is -0.260. The SMILES string of the molecule is O=C(O)CC1COCC2(CCSCC2)O1. The summed E-state index contributed by atoms with van der Waals surface area (Å²) in [6, 6.07) is 0. The maximum Gasteiger partial charge on any atom is 0.306 e. The van der Waals surface area contributed by atoms with Crippen molar-refractivity contribution in [2.45, 2.75) is 31.0 Å². The third-order valence-corrected chi connectivity index (χ3v) is 3.88. The molecule has 0 aromatic carbocycles. The van der Waals surface area contributed by atoms with E-state index < -0.39 is 5.97 Å². The molecule has 2 heterocycles. The number of hydrogen-bond donors (Lipinski definition) is 1. The molecule has 2 saturated heterocycles. The highest BCUT2D eigenvalue weighted by molar-refractivity contribution is 7.99. The van der Waals surface area contributed by atoms with Crippen molar-refractivity contribution in [1.82, 2.24) is 0 Å². The van der Waals surface area contributed by atoms with Crippen LogP contribution in [0.5, 0.6) is 0 Å². The largest absolute Gasteiger partial charge is 0.481 e. The first-order valence-corrected chi connectivity index (χ1v) is 6.41. The van der Waals surface area contributed by atoms with Crippen molar-refractivity contribution in [3.63, 3.8) is 0 Å². The summed E-state index contributed by atoms with van der Waals surface area (Å²) in [5.41, 5.74) is -0.191. The Morgan fingerprint density at radius 2 is 2.20 bits per heavy atom. The van der Waals surface area contributed by atoms with Crippen LogP contribution in [-0.4, -0.2) is 47.5 Å². The lowest BCUT2D eigenvalue weighted by Gasteiger charge is -2.43. The molecule has 1 spiro atoms. The van der Waals surface area contributed by atoms with E-state index in [0.717, 1.165) is 24.3 Å². The van der Waals surface area contributed by atoms with Crippen LogP contribution in [0.2, 0.25) is 0 Å². The van der Waals surface area contributed by atoms with Gasteiger partial charge in [-0.05, 0) is 24.3 Å². The van der Waals surface area contributed by atoms with Crippen LogP contribution in [0.15, 0.2) is 0 Å². The Morgan fingerprint density at radius 1 is 1.47 bits per heavy atom. The van der Waals surface area contributed by atoms with Gasteiger partial charge in [0.2, 0.25) is 0 Å². The van der Waals surface area contributed by atoms with Gasteiger partial charge >= 0.3 is 5.97 Å². The van der Waals surface area contributed by atoms with Crippen LogP contribution in [0.3, 0.4) is 0 Å². The number of carboxylic acid groups (broad SMARTS) is 1. The third-order valence-electron chi connectivity index (χ3n) is 2.89. The lowest BCUT2D eigenvalue weighted by atomic mass is 9.96. The lowest BCUT2D eigenvalue weighted by molar-refractivity contribution is -0.205. The first-order chi connectivity index (χ1) is 7.20. The second-order valence-corrected chi connectivity index (χ2v) is 5.37. The van der Waals surface area contributed by atoms with Gasteiger partial charge in [0.25, 0.3) is 0 Å². The third kappa shape index (κ3) is 2.86. The summed E-state index contributed by atoms with van der Waals surface area (Å²) in [6.07, 6.45) is 1.75. The molecule has 2 aliphatic rings. The minimum absolute atomic E-state index is 0.0505. The molecule has 2 rings (SSSR count). The average molecular weight is 232 g/mol. The van der Waals surface area contributed by atoms with Crippen LogP contribution >= 0.6 is 11.8 Å². The maximum absolute atomic E-state index is 10.6. The van der Waals surface area contributed by atoms with Gasteiger partial charge in [0.1, 0.15) is 0 Å². The van der Waals surface area contributed by atoms with Gasteiger partial charge in [-0.25, -0.2) is 0 Å². The van der Waals surface area contributed by atoms with E-state index in [1.54, 1.807) is 0 Å². The quantitative estimate of drug-likeness (QED) is 0.773. The van der Waals surface area contributed by atoms with E-state index in [1.165, 1.54) is 0 Å². The Bertz CT molecular complexity index is 232. The normalized spacial score (nSPS) is 30.3. The van der Waals surface area contributed by atoms with Crippen LogP contribution in [0.25, 0.3) is 0 Å². The van der Waals surface area contributed by atoms with Gasteiger partial charge in [-0.1, -0.05) is 0 Å². The zero-order chi connectivity index (χ0) is 10.7. The standard InChI is InChI=1S/C10H16O4S/c11-9(12)5-8-6-13-7-10(14-8)1-3-15-4-2-10/h8H,1-7H2,(H,11,12). The number of thioether (sulfide) groups is 1. The molecule has 0 radical (unpaired) electrons. The molecule has 0 aliphatic carbocycles. The fourth-order valence-electron chi connectivity index (χ4n) is 2.10. The first-order valence-electron chi connectivity index (χ1n) is 5.25. The number of rotatable bonds is 2. The molecule has 86 valence electrons. The summed E-state index contributed by atoms with van der Waals surface area (Å²) >= 11 is 1.93. The van der Waals surface area contributed by atoms with E-state index in [9.17, 15) is 4.79 Å². The fourth-order valence-corrected chi connectivity index (χ4v) is 3.34. The van der Waals surface area contributed by atoms with E-state index >= 15 is 0 Å². The van der Waals surface area contributed by atoms with Crippen molar-refractivity contribution >= 4 is 17.7 Å². The van der Waals surface area contributed by atoms with Crippen LogP contribution in [0.1, 0.15) is 19.3 Å².